The van der Waals surface area contributed by atoms with Crippen molar-refractivity contribution >= 4 is 9.90 Å². The molecule has 0 aliphatic heterocycles. The third-order valence-electron chi connectivity index (χ3n) is 0.688. The number of rotatable bonds is 0. The first kappa shape index (κ1) is 7.38. The Hall–Kier alpha value is -0.620. The zero-order chi connectivity index (χ0) is 5.11. The summed E-state index contributed by atoms with van der Waals surface area (Å²) in [6.45, 7) is 0. The van der Waals surface area contributed by atoms with Gasteiger partial charge in [0.25, 0.3) is 0 Å². The Labute approximate surface area is 51.4 Å². The highest BCUT2D eigenvalue weighted by Crippen LogP contribution is 1.72. The van der Waals surface area contributed by atoms with Crippen LogP contribution in [0.4, 0.5) is 0 Å². The van der Waals surface area contributed by atoms with E-state index >= 15 is 0 Å². The topological polar surface area (TPSA) is 26.9 Å². The molecule has 0 radical (unpaired) electrons. The van der Waals surface area contributed by atoms with Crippen molar-refractivity contribution in [2.45, 2.75) is 0 Å². The van der Waals surface area contributed by atoms with E-state index in [1.807, 2.05) is 0 Å². The van der Waals surface area contributed by atoms with E-state index in [4.69, 9.17) is 0 Å². The average molecular weight is 129 g/mol. The Bertz CT molecular complexity index is 142. The highest BCUT2D eigenvalue weighted by Gasteiger charge is 1.74. The first-order valence-electron chi connectivity index (χ1n) is 2.03. The monoisotopic (exact) mass is 129 g/mol. The fourth-order valence-electron chi connectivity index (χ4n) is 0.383. The summed E-state index contributed by atoms with van der Waals surface area (Å²) in [6, 6.07) is 5.18. The molecule has 2 nitrogen and oxygen atoms in total. The van der Waals surface area contributed by atoms with Crippen molar-refractivity contribution in [2.24, 2.45) is 0 Å². The van der Waals surface area contributed by atoms with Gasteiger partial charge >= 0.3 is 0 Å². The second-order valence-electron chi connectivity index (χ2n) is 1.24. The minimum Gasteiger partial charge on any atom is -0.619 e. The molecule has 1 heterocycles. The van der Waals surface area contributed by atoms with E-state index in [0.29, 0.717) is 0 Å². The summed E-state index contributed by atoms with van der Waals surface area (Å²) >= 11 is 0. The van der Waals surface area contributed by atoms with Crippen molar-refractivity contribution in [1.82, 2.24) is 0 Å². The van der Waals surface area contributed by atoms with Crippen LogP contribution in [0, 0.1) is 5.21 Å². The summed E-state index contributed by atoms with van der Waals surface area (Å²) in [5, 5.41) is 10.2. The van der Waals surface area contributed by atoms with Crippen molar-refractivity contribution in [3.8, 4) is 0 Å². The summed E-state index contributed by atoms with van der Waals surface area (Å²) < 4.78 is 0.750. The first-order valence-corrected chi connectivity index (χ1v) is 2.03. The van der Waals surface area contributed by atoms with Gasteiger partial charge in [-0.15, -0.1) is 0 Å². The Balaban J connectivity index is 0.000000490. The minimum atomic E-state index is 0. The lowest BCUT2D eigenvalue weighted by Gasteiger charge is -1.88. The molecule has 3 heteroatoms. The van der Waals surface area contributed by atoms with Gasteiger partial charge in [0.15, 0.2) is 12.4 Å². The standard InChI is InChI=1S/C5H5NO.H3P/c7-6-4-2-1-3-5-6;/h1-5H;1H3. The molecule has 1 aromatic rings. The highest BCUT2D eigenvalue weighted by molar-refractivity contribution is 6.92. The van der Waals surface area contributed by atoms with Crippen LogP contribution < -0.4 is 4.73 Å². The molecule has 0 bridgehead atoms. The molecule has 0 spiro atoms. The Kier molecular flexibility index (Phi) is 3.13. The molecule has 0 saturated heterocycles. The first-order chi connectivity index (χ1) is 3.39. The Morgan fingerprint density at radius 1 is 1.00 bits per heavy atom. The summed E-state index contributed by atoms with van der Waals surface area (Å²) in [6.07, 6.45) is 2.89. The third kappa shape index (κ3) is 1.90. The Morgan fingerprint density at radius 3 is 1.75 bits per heavy atom. The maximum Gasteiger partial charge on any atom is 0.180 e. The van der Waals surface area contributed by atoms with Crippen molar-refractivity contribution in [2.75, 3.05) is 0 Å². The van der Waals surface area contributed by atoms with Crippen LogP contribution in [0.1, 0.15) is 0 Å². The molecular formula is C5H8NOP. The highest BCUT2D eigenvalue weighted by atomic mass is 31.0. The van der Waals surface area contributed by atoms with E-state index in [1.165, 1.54) is 12.4 Å². The zero-order valence-electron chi connectivity index (χ0n) is 4.45. The van der Waals surface area contributed by atoms with Gasteiger partial charge in [-0.3, -0.25) is 0 Å². The normalized spacial score (nSPS) is 7.50. The Morgan fingerprint density at radius 2 is 1.50 bits per heavy atom. The lowest BCUT2D eigenvalue weighted by atomic mass is 10.5. The van der Waals surface area contributed by atoms with Gasteiger partial charge in [-0.1, -0.05) is 6.07 Å². The molecule has 0 aliphatic carbocycles. The SMILES string of the molecule is P.[O-][n+]1ccccc1. The summed E-state index contributed by atoms with van der Waals surface area (Å²) in [5.74, 6) is 0. The predicted octanol–water partition coefficient (Wildman–Crippen LogP) is 0.378. The summed E-state index contributed by atoms with van der Waals surface area (Å²) in [4.78, 5) is 0. The van der Waals surface area contributed by atoms with Crippen molar-refractivity contribution < 1.29 is 4.73 Å². The molecule has 8 heavy (non-hydrogen) atoms. The van der Waals surface area contributed by atoms with Crippen LogP contribution in [0.3, 0.4) is 0 Å². The molecule has 0 aliphatic rings. The van der Waals surface area contributed by atoms with Crippen molar-refractivity contribution in [3.63, 3.8) is 0 Å². The largest absolute Gasteiger partial charge is 0.619 e. The predicted molar refractivity (Wildman–Crippen MR) is 36.5 cm³/mol. The number of hydrogen-bond donors (Lipinski definition) is 0. The number of hydrogen-bond acceptors (Lipinski definition) is 1. The maximum absolute atomic E-state index is 10.2. The number of aromatic nitrogens is 1. The van der Waals surface area contributed by atoms with Crippen LogP contribution in [0.2, 0.25) is 0 Å². The van der Waals surface area contributed by atoms with Gasteiger partial charge in [0.2, 0.25) is 0 Å². The molecule has 44 valence electrons. The van der Waals surface area contributed by atoms with Crippen LogP contribution in [-0.2, 0) is 0 Å². The number of nitrogens with zero attached hydrogens (tertiary/aromatic N) is 1. The lowest BCUT2D eigenvalue weighted by Crippen LogP contribution is -2.22. The quantitative estimate of drug-likeness (QED) is 0.282. The van der Waals surface area contributed by atoms with Crippen LogP contribution in [0.15, 0.2) is 30.6 Å². The van der Waals surface area contributed by atoms with Crippen LogP contribution >= 0.6 is 9.90 Å². The molecule has 0 amide bonds. The van der Waals surface area contributed by atoms with Gasteiger partial charge in [0, 0.05) is 12.1 Å². The van der Waals surface area contributed by atoms with E-state index in [9.17, 15) is 5.21 Å². The maximum atomic E-state index is 10.2. The molecule has 1 unspecified atom stereocenters. The van der Waals surface area contributed by atoms with E-state index in [1.54, 1.807) is 18.2 Å². The molecule has 0 N–H and O–H groups in total. The molecular weight excluding hydrogens is 121 g/mol. The second-order valence-corrected chi connectivity index (χ2v) is 1.24. The van der Waals surface area contributed by atoms with E-state index < -0.39 is 0 Å². The van der Waals surface area contributed by atoms with Gasteiger partial charge in [0.1, 0.15) is 0 Å². The number of pyridine rings is 1. The van der Waals surface area contributed by atoms with Gasteiger partial charge in [-0.25, -0.2) is 0 Å². The fourth-order valence-corrected chi connectivity index (χ4v) is 0.383. The zero-order valence-corrected chi connectivity index (χ0v) is 5.86. The van der Waals surface area contributed by atoms with Gasteiger partial charge in [-0.2, -0.15) is 14.6 Å². The molecule has 1 rings (SSSR count). The van der Waals surface area contributed by atoms with Crippen molar-refractivity contribution in [3.05, 3.63) is 35.8 Å². The van der Waals surface area contributed by atoms with E-state index in [0.717, 1.165) is 4.73 Å². The lowest BCUT2D eigenvalue weighted by molar-refractivity contribution is -0.605. The molecule has 1 atom stereocenters. The molecule has 0 fully saturated rings. The van der Waals surface area contributed by atoms with E-state index in [-0.39, 0.29) is 9.90 Å². The average Bonchev–Trinajstić information content (AvgIpc) is 1.69. The second kappa shape index (κ2) is 3.39. The van der Waals surface area contributed by atoms with Gasteiger partial charge in [-0.05, 0) is 0 Å². The van der Waals surface area contributed by atoms with Crippen LogP contribution in [0.25, 0.3) is 0 Å². The summed E-state index contributed by atoms with van der Waals surface area (Å²) in [7, 11) is 0. The van der Waals surface area contributed by atoms with Crippen LogP contribution in [0.5, 0.6) is 0 Å². The molecule has 1 aromatic heterocycles. The summed E-state index contributed by atoms with van der Waals surface area (Å²) in [5.41, 5.74) is 0. The van der Waals surface area contributed by atoms with Crippen LogP contribution in [-0.4, -0.2) is 0 Å². The minimum absolute atomic E-state index is 0. The smallest absolute Gasteiger partial charge is 0.180 e. The van der Waals surface area contributed by atoms with Gasteiger partial charge in [0.05, 0.1) is 0 Å². The van der Waals surface area contributed by atoms with Gasteiger partial charge < -0.3 is 5.21 Å². The van der Waals surface area contributed by atoms with Crippen molar-refractivity contribution in [1.29, 1.82) is 0 Å². The fraction of sp³-hybridized carbons (Fsp3) is 0. The molecule has 0 saturated carbocycles. The third-order valence-corrected chi connectivity index (χ3v) is 0.688. The molecule has 0 aromatic carbocycles. The van der Waals surface area contributed by atoms with E-state index in [2.05, 4.69) is 0 Å².